The maximum atomic E-state index is 12.5. The van der Waals surface area contributed by atoms with Crippen LogP contribution in [0.5, 0.6) is 5.75 Å². The van der Waals surface area contributed by atoms with Crippen LogP contribution in [0.25, 0.3) is 0 Å². The van der Waals surface area contributed by atoms with Crippen LogP contribution in [-0.4, -0.2) is 33.3 Å². The van der Waals surface area contributed by atoms with Gasteiger partial charge in [-0.25, -0.2) is 18.4 Å². The number of hydrogen-bond donors (Lipinski definition) is 2. The third kappa shape index (κ3) is 3.74. The molecule has 0 spiro atoms. The second-order valence-corrected chi connectivity index (χ2v) is 7.42. The van der Waals surface area contributed by atoms with E-state index in [4.69, 9.17) is 15.6 Å². The van der Waals surface area contributed by atoms with Crippen LogP contribution in [0.1, 0.15) is 11.6 Å². The number of carbonyl (C=O) groups excluding carboxylic acids is 2. The van der Waals surface area contributed by atoms with E-state index >= 15 is 0 Å². The van der Waals surface area contributed by atoms with Crippen molar-refractivity contribution in [1.29, 1.82) is 0 Å². The highest BCUT2D eigenvalue weighted by molar-refractivity contribution is 7.89. The third-order valence-corrected chi connectivity index (χ3v) is 4.94. The number of anilines is 1. The van der Waals surface area contributed by atoms with Crippen LogP contribution in [-0.2, 0) is 19.6 Å². The van der Waals surface area contributed by atoms with Crippen molar-refractivity contribution in [3.05, 3.63) is 54.1 Å². The smallest absolute Gasteiger partial charge is 0.331 e. The summed E-state index contributed by atoms with van der Waals surface area (Å²) >= 11 is 0. The molecule has 0 fully saturated rings. The van der Waals surface area contributed by atoms with Gasteiger partial charge in [-0.3, -0.25) is 4.79 Å². The van der Waals surface area contributed by atoms with Crippen LogP contribution < -0.4 is 20.5 Å². The molecule has 0 aromatic heterocycles. The summed E-state index contributed by atoms with van der Waals surface area (Å²) in [4.78, 5) is 25.8. The number of ketones is 1. The molecule has 136 valence electrons. The normalized spacial score (nSPS) is 15.2. The van der Waals surface area contributed by atoms with Crippen molar-refractivity contribution in [2.24, 2.45) is 10.9 Å². The van der Waals surface area contributed by atoms with E-state index in [-0.39, 0.29) is 23.8 Å². The van der Waals surface area contributed by atoms with Crippen molar-refractivity contribution >= 4 is 27.5 Å². The number of ether oxygens (including phenoxy) is 1. The molecule has 8 nitrogen and oxygen atoms in total. The summed E-state index contributed by atoms with van der Waals surface area (Å²) in [5, 5.41) is 5.05. The molecule has 2 aromatic carbocycles. The molecule has 1 aliphatic heterocycles. The van der Waals surface area contributed by atoms with Crippen LogP contribution in [0.3, 0.4) is 0 Å². The van der Waals surface area contributed by atoms with Gasteiger partial charge < -0.3 is 15.4 Å². The number of Topliss-reactive ketones (excluding diaryl/α,β-unsaturated/α-hetero) is 1. The number of benzene rings is 2. The van der Waals surface area contributed by atoms with Gasteiger partial charge in [0.1, 0.15) is 6.54 Å². The number of nitrogens with two attached hydrogens (primary N) is 2. The van der Waals surface area contributed by atoms with Crippen LogP contribution in [0.4, 0.5) is 5.69 Å². The lowest BCUT2D eigenvalue weighted by molar-refractivity contribution is -0.133. The van der Waals surface area contributed by atoms with E-state index in [0.717, 1.165) is 0 Å². The molecule has 1 heterocycles. The van der Waals surface area contributed by atoms with Gasteiger partial charge in [-0.05, 0) is 29.8 Å². The number of carbonyl (C=O) groups is 2. The lowest BCUT2D eigenvalue weighted by Gasteiger charge is -2.29. The Labute approximate surface area is 150 Å². The molecule has 0 amide bonds. The number of nitrogens with zero attached hydrogens (tertiary/aromatic N) is 1. The van der Waals surface area contributed by atoms with E-state index in [1.54, 1.807) is 29.2 Å². The van der Waals surface area contributed by atoms with Crippen molar-refractivity contribution < 1.29 is 22.7 Å². The van der Waals surface area contributed by atoms with Gasteiger partial charge in [0.15, 0.2) is 11.5 Å². The second kappa shape index (κ2) is 6.87. The number of rotatable bonds is 5. The molecule has 0 aliphatic carbocycles. The van der Waals surface area contributed by atoms with Gasteiger partial charge in [0.05, 0.1) is 23.2 Å². The average molecular weight is 375 g/mol. The molecule has 9 heteroatoms. The van der Waals surface area contributed by atoms with E-state index < -0.39 is 22.0 Å². The summed E-state index contributed by atoms with van der Waals surface area (Å²) in [6.45, 7) is -0.135. The van der Waals surface area contributed by atoms with Gasteiger partial charge >= 0.3 is 5.97 Å². The molecular formula is C17H17N3O5S. The average Bonchev–Trinajstić information content (AvgIpc) is 2.60. The summed E-state index contributed by atoms with van der Waals surface area (Å²) in [5.74, 6) is -0.386. The number of primary sulfonamides is 1. The Morgan fingerprint density at radius 2 is 1.81 bits per heavy atom. The van der Waals surface area contributed by atoms with Gasteiger partial charge in [-0.2, -0.15) is 0 Å². The predicted octanol–water partition coefficient (Wildman–Crippen LogP) is 0.329. The first-order valence-corrected chi connectivity index (χ1v) is 9.26. The van der Waals surface area contributed by atoms with E-state index in [0.29, 0.717) is 17.0 Å². The van der Waals surface area contributed by atoms with Gasteiger partial charge in [-0.1, -0.05) is 24.3 Å². The summed E-state index contributed by atoms with van der Waals surface area (Å²) in [7, 11) is -3.81. The van der Waals surface area contributed by atoms with Crippen molar-refractivity contribution in [2.45, 2.75) is 10.9 Å². The number of esters is 1. The number of hydrogen-bond acceptors (Lipinski definition) is 7. The van der Waals surface area contributed by atoms with E-state index in [1.165, 1.54) is 24.3 Å². The Kier molecular flexibility index (Phi) is 4.77. The topological polar surface area (TPSA) is 133 Å². The fraction of sp³-hybridized carbons (Fsp3) is 0.176. The molecule has 0 saturated heterocycles. The minimum atomic E-state index is -3.81. The summed E-state index contributed by atoms with van der Waals surface area (Å²) in [6, 6.07) is 11.4. The first kappa shape index (κ1) is 18.1. The lowest BCUT2D eigenvalue weighted by Crippen LogP contribution is -2.42. The zero-order chi connectivity index (χ0) is 18.9. The molecule has 0 saturated carbocycles. The largest absolute Gasteiger partial charge is 0.423 e. The monoisotopic (exact) mass is 375 g/mol. The van der Waals surface area contributed by atoms with Crippen LogP contribution in [0.2, 0.25) is 0 Å². The lowest BCUT2D eigenvalue weighted by atomic mass is 10.0. The fourth-order valence-corrected chi connectivity index (χ4v) is 3.19. The molecule has 1 atom stereocenters. The van der Waals surface area contributed by atoms with Crippen molar-refractivity contribution in [2.75, 3.05) is 18.0 Å². The molecule has 26 heavy (non-hydrogen) atoms. The quantitative estimate of drug-likeness (QED) is 0.568. The van der Waals surface area contributed by atoms with Crippen LogP contribution in [0.15, 0.2) is 53.4 Å². The van der Waals surface area contributed by atoms with E-state index in [9.17, 15) is 18.0 Å². The fourth-order valence-electron chi connectivity index (χ4n) is 2.68. The maximum Gasteiger partial charge on any atom is 0.331 e. The summed E-state index contributed by atoms with van der Waals surface area (Å²) in [5.41, 5.74) is 7.09. The maximum absolute atomic E-state index is 12.5. The highest BCUT2D eigenvalue weighted by atomic mass is 32.2. The number of sulfonamides is 1. The van der Waals surface area contributed by atoms with Gasteiger partial charge in [-0.15, -0.1) is 0 Å². The Morgan fingerprint density at radius 1 is 1.15 bits per heavy atom. The molecule has 4 N–H and O–H groups in total. The SMILES string of the molecule is NC(C(=O)CN1CC(=O)Oc2ccccc21)c1ccc(S(N)(=O)=O)cc1. The number of fused-ring (bicyclic) bond motifs is 1. The number of para-hydroxylation sites is 2. The van der Waals surface area contributed by atoms with Crippen LogP contribution >= 0.6 is 0 Å². The second-order valence-electron chi connectivity index (χ2n) is 5.86. The van der Waals surface area contributed by atoms with Gasteiger partial charge in [0, 0.05) is 0 Å². The van der Waals surface area contributed by atoms with Gasteiger partial charge in [0.2, 0.25) is 10.0 Å². The molecule has 1 aliphatic rings. The first-order valence-electron chi connectivity index (χ1n) is 7.71. The Hall–Kier alpha value is -2.75. The Bertz CT molecular complexity index is 957. The third-order valence-electron chi connectivity index (χ3n) is 4.01. The first-order chi connectivity index (χ1) is 12.3. The molecule has 0 radical (unpaired) electrons. The van der Waals surface area contributed by atoms with Crippen molar-refractivity contribution in [3.63, 3.8) is 0 Å². The van der Waals surface area contributed by atoms with E-state index in [1.807, 2.05) is 0 Å². The minimum Gasteiger partial charge on any atom is -0.423 e. The zero-order valence-electron chi connectivity index (χ0n) is 13.7. The van der Waals surface area contributed by atoms with Crippen LogP contribution in [0, 0.1) is 0 Å². The molecule has 2 aromatic rings. The highest BCUT2D eigenvalue weighted by Crippen LogP contribution is 2.31. The summed E-state index contributed by atoms with van der Waals surface area (Å²) in [6.07, 6.45) is 0. The zero-order valence-corrected chi connectivity index (χ0v) is 14.5. The molecule has 3 rings (SSSR count). The Balaban J connectivity index is 1.77. The standard InChI is InChI=1S/C17H17N3O5S/c18-17(11-5-7-12(8-6-11)26(19,23)24)14(21)9-20-10-16(22)25-15-4-2-1-3-13(15)20/h1-8,17H,9-10,18H2,(H2,19,23,24). The molecular weight excluding hydrogens is 358 g/mol. The molecule has 1 unspecified atom stereocenters. The summed E-state index contributed by atoms with van der Waals surface area (Å²) < 4.78 is 27.7. The van der Waals surface area contributed by atoms with E-state index in [2.05, 4.69) is 0 Å². The van der Waals surface area contributed by atoms with Crippen molar-refractivity contribution in [1.82, 2.24) is 0 Å². The van der Waals surface area contributed by atoms with Gasteiger partial charge in [0.25, 0.3) is 0 Å². The highest BCUT2D eigenvalue weighted by Gasteiger charge is 2.27. The Morgan fingerprint density at radius 3 is 2.46 bits per heavy atom. The van der Waals surface area contributed by atoms with Crippen molar-refractivity contribution in [3.8, 4) is 5.75 Å². The molecule has 0 bridgehead atoms. The minimum absolute atomic E-state index is 0.0557. The predicted molar refractivity (Wildman–Crippen MR) is 94.0 cm³/mol.